The largest absolute Gasteiger partial charge is 0.348 e. The highest BCUT2D eigenvalue weighted by Gasteiger charge is 2.23. The number of carbonyl (C=O) groups is 2. The van der Waals surface area contributed by atoms with Gasteiger partial charge in [-0.3, -0.25) is 9.59 Å². The number of amides is 2. The lowest BCUT2D eigenvalue weighted by atomic mass is 10.2. The van der Waals surface area contributed by atoms with Crippen LogP contribution < -0.4 is 5.32 Å². The minimum absolute atomic E-state index is 0.123. The number of nitrogens with one attached hydrogen (secondary N) is 1. The van der Waals surface area contributed by atoms with Crippen LogP contribution in [0.3, 0.4) is 0 Å². The third-order valence-electron chi connectivity index (χ3n) is 3.24. The normalized spacial score (nSPS) is 16.4. The molecule has 6 heteroatoms. The molecular weight excluding hydrogens is 327 g/mol. The predicted molar refractivity (Wildman–Crippen MR) is 76.8 cm³/mol. The van der Waals surface area contributed by atoms with Crippen LogP contribution >= 0.6 is 15.9 Å². The van der Waals surface area contributed by atoms with Crippen LogP contribution in [0.4, 0.5) is 4.39 Å². The van der Waals surface area contributed by atoms with E-state index in [0.717, 1.165) is 13.0 Å². The molecule has 20 heavy (non-hydrogen) atoms. The molecule has 0 aromatic heterocycles. The van der Waals surface area contributed by atoms with Gasteiger partial charge in [-0.2, -0.15) is 0 Å². The molecule has 2 amide bonds. The van der Waals surface area contributed by atoms with Crippen LogP contribution in [-0.2, 0) is 4.79 Å². The maximum Gasteiger partial charge on any atom is 0.252 e. The van der Waals surface area contributed by atoms with Gasteiger partial charge in [-0.15, -0.1) is 0 Å². The van der Waals surface area contributed by atoms with Gasteiger partial charge >= 0.3 is 0 Å². The van der Waals surface area contributed by atoms with Gasteiger partial charge in [0.05, 0.1) is 10.0 Å². The number of likely N-dealkylation sites (tertiary alicyclic amines) is 1. The molecule has 0 bridgehead atoms. The Morgan fingerprint density at radius 1 is 1.55 bits per heavy atom. The molecule has 1 unspecified atom stereocenters. The van der Waals surface area contributed by atoms with Crippen molar-refractivity contribution in [2.45, 2.75) is 25.8 Å². The van der Waals surface area contributed by atoms with Crippen LogP contribution in [0.2, 0.25) is 0 Å². The second kappa shape index (κ2) is 6.35. The monoisotopic (exact) mass is 342 g/mol. The van der Waals surface area contributed by atoms with E-state index in [4.69, 9.17) is 0 Å². The van der Waals surface area contributed by atoms with Crippen molar-refractivity contribution in [2.24, 2.45) is 0 Å². The molecular formula is C14H16BrFN2O2. The Morgan fingerprint density at radius 3 is 2.95 bits per heavy atom. The number of hydrogen-bond donors (Lipinski definition) is 1. The van der Waals surface area contributed by atoms with Crippen LogP contribution in [0.1, 0.15) is 30.1 Å². The number of carbonyl (C=O) groups excluding carboxylic acids is 2. The van der Waals surface area contributed by atoms with E-state index in [9.17, 15) is 14.0 Å². The lowest BCUT2D eigenvalue weighted by Crippen LogP contribution is -2.42. The first-order valence-corrected chi connectivity index (χ1v) is 7.31. The van der Waals surface area contributed by atoms with Crippen molar-refractivity contribution in [3.63, 3.8) is 0 Å². The average molecular weight is 343 g/mol. The average Bonchev–Trinajstić information content (AvgIpc) is 2.78. The summed E-state index contributed by atoms with van der Waals surface area (Å²) in [6.07, 6.45) is 1.45. The van der Waals surface area contributed by atoms with E-state index < -0.39 is 5.82 Å². The van der Waals surface area contributed by atoms with Gasteiger partial charge in [0.1, 0.15) is 5.82 Å². The Kier molecular flexibility index (Phi) is 4.75. The molecule has 0 aliphatic carbocycles. The molecule has 1 aliphatic heterocycles. The molecule has 1 fully saturated rings. The van der Waals surface area contributed by atoms with E-state index in [-0.39, 0.29) is 27.9 Å². The van der Waals surface area contributed by atoms with E-state index >= 15 is 0 Å². The van der Waals surface area contributed by atoms with Gasteiger partial charge in [0.15, 0.2) is 0 Å². The van der Waals surface area contributed by atoms with E-state index in [1.165, 1.54) is 12.1 Å². The first-order chi connectivity index (χ1) is 9.49. The first-order valence-electron chi connectivity index (χ1n) is 6.51. The van der Waals surface area contributed by atoms with Crippen LogP contribution in [0.15, 0.2) is 22.7 Å². The molecule has 1 N–H and O–H groups in total. The summed E-state index contributed by atoms with van der Waals surface area (Å²) in [4.78, 5) is 25.3. The van der Waals surface area contributed by atoms with Crippen molar-refractivity contribution in [1.29, 1.82) is 0 Å². The summed E-state index contributed by atoms with van der Waals surface area (Å²) < 4.78 is 13.5. The maximum absolute atomic E-state index is 13.4. The van der Waals surface area contributed by atoms with Gasteiger partial charge in [0.2, 0.25) is 5.91 Å². The van der Waals surface area contributed by atoms with Crippen molar-refractivity contribution in [3.05, 3.63) is 34.1 Å². The third-order valence-corrected chi connectivity index (χ3v) is 4.05. The maximum atomic E-state index is 13.4. The van der Waals surface area contributed by atoms with Crippen LogP contribution in [0.25, 0.3) is 0 Å². The second-order valence-corrected chi connectivity index (χ2v) is 5.71. The zero-order valence-electron chi connectivity index (χ0n) is 11.2. The van der Waals surface area contributed by atoms with Gasteiger partial charge in [-0.25, -0.2) is 4.39 Å². The van der Waals surface area contributed by atoms with Gasteiger partial charge in [-0.1, -0.05) is 6.07 Å². The fourth-order valence-corrected chi connectivity index (χ4v) is 2.70. The molecule has 0 saturated carbocycles. The van der Waals surface area contributed by atoms with Gasteiger partial charge in [-0.05, 0) is 41.4 Å². The molecule has 4 nitrogen and oxygen atoms in total. The minimum atomic E-state index is -0.472. The zero-order chi connectivity index (χ0) is 14.7. The Bertz CT molecular complexity index is 536. The second-order valence-electron chi connectivity index (χ2n) is 4.92. The number of nitrogens with zero attached hydrogens (tertiary/aromatic N) is 1. The van der Waals surface area contributed by atoms with Crippen molar-refractivity contribution < 1.29 is 14.0 Å². The van der Waals surface area contributed by atoms with Crippen LogP contribution in [0.5, 0.6) is 0 Å². The predicted octanol–water partition coefficient (Wildman–Crippen LogP) is 2.33. The molecule has 0 radical (unpaired) electrons. The molecule has 1 aromatic carbocycles. The summed E-state index contributed by atoms with van der Waals surface area (Å²) in [5.74, 6) is -0.700. The molecule has 1 aliphatic rings. The summed E-state index contributed by atoms with van der Waals surface area (Å²) >= 11 is 3.07. The number of halogens is 2. The molecule has 1 saturated heterocycles. The third kappa shape index (κ3) is 3.36. The fourth-order valence-electron chi connectivity index (χ4n) is 2.25. The molecule has 1 aromatic rings. The Balaban J connectivity index is 1.97. The summed E-state index contributed by atoms with van der Waals surface area (Å²) in [6, 6.07) is 4.15. The summed E-state index contributed by atoms with van der Waals surface area (Å²) in [6.45, 7) is 3.05. The van der Waals surface area contributed by atoms with E-state index in [1.807, 2.05) is 6.92 Å². The van der Waals surface area contributed by atoms with E-state index in [2.05, 4.69) is 21.2 Å². The van der Waals surface area contributed by atoms with E-state index in [1.54, 1.807) is 11.0 Å². The quantitative estimate of drug-likeness (QED) is 0.912. The lowest BCUT2D eigenvalue weighted by molar-refractivity contribution is -0.127. The highest BCUT2D eigenvalue weighted by molar-refractivity contribution is 9.10. The Morgan fingerprint density at radius 2 is 2.30 bits per heavy atom. The molecule has 108 valence electrons. The van der Waals surface area contributed by atoms with Crippen molar-refractivity contribution in [3.8, 4) is 0 Å². The van der Waals surface area contributed by atoms with Gasteiger partial charge in [0.25, 0.3) is 5.91 Å². The van der Waals surface area contributed by atoms with E-state index in [0.29, 0.717) is 13.0 Å². The molecule has 1 heterocycles. The zero-order valence-corrected chi connectivity index (χ0v) is 12.7. The standard InChI is InChI=1S/C14H16BrFN2O2/c1-9(8-18-7-3-6-12(18)19)17-14(20)10-4-2-5-11(16)13(10)15/h2,4-5,9H,3,6-8H2,1H3,(H,17,20). The highest BCUT2D eigenvalue weighted by atomic mass is 79.9. The van der Waals surface area contributed by atoms with Crippen molar-refractivity contribution >= 4 is 27.7 Å². The van der Waals surface area contributed by atoms with Gasteiger partial charge < -0.3 is 10.2 Å². The SMILES string of the molecule is CC(CN1CCCC1=O)NC(=O)c1cccc(F)c1Br. The Labute approximate surface area is 125 Å². The highest BCUT2D eigenvalue weighted by Crippen LogP contribution is 2.20. The van der Waals surface area contributed by atoms with Crippen molar-refractivity contribution in [1.82, 2.24) is 10.2 Å². The van der Waals surface area contributed by atoms with Crippen molar-refractivity contribution in [2.75, 3.05) is 13.1 Å². The molecule has 0 spiro atoms. The summed E-state index contributed by atoms with van der Waals surface area (Å²) in [5.41, 5.74) is 0.254. The molecule has 1 atom stereocenters. The van der Waals surface area contributed by atoms with Gasteiger partial charge in [0, 0.05) is 25.6 Å². The number of rotatable bonds is 4. The van der Waals surface area contributed by atoms with Crippen LogP contribution in [0, 0.1) is 5.82 Å². The topological polar surface area (TPSA) is 49.4 Å². The van der Waals surface area contributed by atoms with Crippen LogP contribution in [-0.4, -0.2) is 35.8 Å². The lowest BCUT2D eigenvalue weighted by Gasteiger charge is -2.21. The number of benzene rings is 1. The molecule has 2 rings (SSSR count). The first kappa shape index (κ1) is 15.0. The minimum Gasteiger partial charge on any atom is -0.348 e. The number of hydrogen-bond acceptors (Lipinski definition) is 2. The smallest absolute Gasteiger partial charge is 0.252 e. The summed E-state index contributed by atoms with van der Waals surface area (Å²) in [5, 5.41) is 2.78. The summed E-state index contributed by atoms with van der Waals surface area (Å²) in [7, 11) is 0. The Hall–Kier alpha value is -1.43. The fraction of sp³-hybridized carbons (Fsp3) is 0.429.